The van der Waals surface area contributed by atoms with E-state index in [2.05, 4.69) is 8.83 Å². The number of nitrogens with one attached hydrogen (secondary N) is 1. The van der Waals surface area contributed by atoms with E-state index in [0.717, 1.165) is 4.57 Å². The van der Waals surface area contributed by atoms with Crippen LogP contribution in [0.4, 0.5) is 0 Å². The number of aliphatic hydroxyl groups is 1. The Bertz CT molecular complexity index is 842. The summed E-state index contributed by atoms with van der Waals surface area (Å²) >= 11 is 0. The molecule has 5 unspecified atom stereocenters. The molecule has 1 aliphatic heterocycles. The lowest BCUT2D eigenvalue weighted by molar-refractivity contribution is -0.242. The van der Waals surface area contributed by atoms with Gasteiger partial charge in [-0.05, 0) is 6.92 Å². The predicted octanol–water partition coefficient (Wildman–Crippen LogP) is -2.54. The first kappa shape index (κ1) is 20.2. The third-order valence-electron chi connectivity index (χ3n) is 3.26. The number of rotatable bonds is 6. The first-order chi connectivity index (χ1) is 11.4. The second-order valence-electron chi connectivity index (χ2n) is 5.20. The Balaban J connectivity index is 2.06. The van der Waals surface area contributed by atoms with E-state index in [1.165, 1.54) is 13.1 Å². The topological polar surface area (TPSA) is 203 Å². The minimum Gasteiger partial charge on any atom is -0.756 e. The van der Waals surface area contributed by atoms with E-state index in [-0.39, 0.29) is 12.0 Å². The van der Waals surface area contributed by atoms with Gasteiger partial charge in [-0.1, -0.05) is 0 Å². The van der Waals surface area contributed by atoms with Crippen molar-refractivity contribution >= 4 is 15.6 Å². The van der Waals surface area contributed by atoms with Crippen LogP contribution >= 0.6 is 15.6 Å². The van der Waals surface area contributed by atoms with Crippen molar-refractivity contribution < 1.29 is 42.5 Å². The van der Waals surface area contributed by atoms with E-state index in [1.54, 1.807) is 0 Å². The van der Waals surface area contributed by atoms with Crippen LogP contribution in [-0.4, -0.2) is 38.4 Å². The van der Waals surface area contributed by atoms with Crippen molar-refractivity contribution in [2.75, 3.05) is 6.61 Å². The number of phosphoric ester groups is 1. The molecule has 5 atom stereocenters. The zero-order valence-electron chi connectivity index (χ0n) is 12.6. The van der Waals surface area contributed by atoms with Crippen molar-refractivity contribution in [2.45, 2.75) is 31.8 Å². The van der Waals surface area contributed by atoms with Crippen LogP contribution in [0.3, 0.4) is 0 Å². The molecule has 1 aromatic rings. The summed E-state index contributed by atoms with van der Waals surface area (Å²) in [5.74, 6) is 0. The number of hydrogen-bond donors (Lipinski definition) is 3. The highest BCUT2D eigenvalue weighted by Crippen LogP contribution is 2.52. The van der Waals surface area contributed by atoms with Crippen molar-refractivity contribution in [3.63, 3.8) is 0 Å². The smallest absolute Gasteiger partial charge is 0.330 e. The van der Waals surface area contributed by atoms with E-state index >= 15 is 0 Å². The lowest BCUT2D eigenvalue weighted by Crippen LogP contribution is -2.33. The van der Waals surface area contributed by atoms with Crippen LogP contribution in [0.1, 0.15) is 18.2 Å². The first-order valence-electron chi connectivity index (χ1n) is 6.74. The maximum Gasteiger partial charge on any atom is 0.330 e. The molecule has 0 aromatic carbocycles. The molecule has 1 saturated heterocycles. The number of phosphoric acid groups is 2. The monoisotopic (exact) mass is 400 g/mol. The van der Waals surface area contributed by atoms with E-state index in [4.69, 9.17) is 9.63 Å². The van der Waals surface area contributed by atoms with Gasteiger partial charge in [0.1, 0.15) is 12.3 Å². The average Bonchev–Trinajstić information content (AvgIpc) is 2.79. The molecule has 0 bridgehead atoms. The van der Waals surface area contributed by atoms with Gasteiger partial charge in [0.05, 0.1) is 12.7 Å². The highest BCUT2D eigenvalue weighted by molar-refractivity contribution is 7.59. The Morgan fingerprint density at radius 2 is 2.08 bits per heavy atom. The van der Waals surface area contributed by atoms with Crippen molar-refractivity contribution in [1.29, 1.82) is 0 Å². The Morgan fingerprint density at radius 1 is 1.44 bits per heavy atom. The molecule has 25 heavy (non-hydrogen) atoms. The number of aryl methyl sites for hydroxylation is 1. The van der Waals surface area contributed by atoms with E-state index < -0.39 is 51.9 Å². The second-order valence-corrected chi connectivity index (χ2v) is 7.95. The van der Waals surface area contributed by atoms with Crippen LogP contribution in [-0.2, 0) is 22.7 Å². The summed E-state index contributed by atoms with van der Waals surface area (Å²) in [5, 5.41) is 9.87. The second kappa shape index (κ2) is 7.23. The summed E-state index contributed by atoms with van der Waals surface area (Å²) in [6.07, 6.45) is -2.41. The molecule has 13 nitrogen and oxygen atoms in total. The van der Waals surface area contributed by atoms with Crippen LogP contribution in [0.2, 0.25) is 0 Å². The number of H-pyrrole nitrogens is 1. The Kier molecular flexibility index (Phi) is 5.84. The van der Waals surface area contributed by atoms with Gasteiger partial charge in [-0.15, -0.1) is 0 Å². The van der Waals surface area contributed by atoms with Gasteiger partial charge in [0, 0.05) is 18.2 Å². The minimum absolute atomic E-state index is 0.122. The van der Waals surface area contributed by atoms with Crippen molar-refractivity contribution in [3.05, 3.63) is 32.6 Å². The lowest BCUT2D eigenvalue weighted by Gasteiger charge is -2.28. The SMILES string of the molecule is Cc1cn(C2CC(O)C(COP(=O)([O-])OP(=O)([O-])O)O2)c(=O)[nH]c1=O. The fourth-order valence-electron chi connectivity index (χ4n) is 2.15. The molecule has 2 rings (SSSR count). The molecule has 0 saturated carbocycles. The minimum atomic E-state index is -5.57. The number of hydrogen-bond acceptors (Lipinski definition) is 10. The number of ether oxygens (including phenoxy) is 1. The van der Waals surface area contributed by atoms with Crippen LogP contribution in [0.25, 0.3) is 0 Å². The quantitative estimate of drug-likeness (QED) is 0.424. The summed E-state index contributed by atoms with van der Waals surface area (Å²) in [4.78, 5) is 55.1. The molecule has 2 heterocycles. The molecule has 0 amide bonds. The van der Waals surface area contributed by atoms with Crippen LogP contribution in [0.15, 0.2) is 15.8 Å². The fourth-order valence-corrected chi connectivity index (χ4v) is 3.68. The van der Waals surface area contributed by atoms with Crippen LogP contribution in [0.5, 0.6) is 0 Å². The molecular formula is C10H14N2O11P2-2. The normalized spacial score (nSPS) is 28.4. The number of nitrogens with zero attached hydrogens (tertiary/aromatic N) is 1. The summed E-state index contributed by atoms with van der Waals surface area (Å²) < 4.78 is 35.5. The van der Waals surface area contributed by atoms with E-state index in [1.807, 2.05) is 4.98 Å². The van der Waals surface area contributed by atoms with Gasteiger partial charge in [0.2, 0.25) is 0 Å². The molecule has 142 valence electrons. The predicted molar refractivity (Wildman–Crippen MR) is 75.1 cm³/mol. The van der Waals surface area contributed by atoms with Gasteiger partial charge in [0.15, 0.2) is 0 Å². The average molecular weight is 400 g/mol. The standard InChI is InChI=1S/C10H16N2O11P2/c1-5-3-12(10(15)11-9(5)14)8-2-6(13)7(22-8)4-21-25(19,20)23-24(16,17)18/h3,6-8,13H,2,4H2,1H3,(H,19,20)(H,11,14,15)(H2,16,17,18)/p-2. The van der Waals surface area contributed by atoms with Crippen LogP contribution in [0, 0.1) is 6.92 Å². The fraction of sp³-hybridized carbons (Fsp3) is 0.600. The zero-order chi connectivity index (χ0) is 19.0. The Labute approximate surface area is 139 Å². The van der Waals surface area contributed by atoms with E-state index in [9.17, 15) is 33.6 Å². The Morgan fingerprint density at radius 3 is 2.68 bits per heavy atom. The molecule has 1 fully saturated rings. The molecule has 0 radical (unpaired) electrons. The number of aliphatic hydroxyl groups excluding tert-OH is 1. The molecule has 1 aromatic heterocycles. The van der Waals surface area contributed by atoms with Gasteiger partial charge in [0.25, 0.3) is 21.2 Å². The molecule has 3 N–H and O–H groups in total. The number of aromatic amines is 1. The highest BCUT2D eigenvalue weighted by Gasteiger charge is 2.36. The first-order valence-corrected chi connectivity index (χ1v) is 9.70. The molecule has 1 aliphatic rings. The maximum absolute atomic E-state index is 11.8. The third-order valence-corrected chi connectivity index (χ3v) is 5.35. The van der Waals surface area contributed by atoms with Crippen molar-refractivity contribution in [3.8, 4) is 0 Å². The zero-order valence-corrected chi connectivity index (χ0v) is 14.4. The van der Waals surface area contributed by atoms with Crippen molar-refractivity contribution in [2.24, 2.45) is 0 Å². The lowest BCUT2D eigenvalue weighted by atomic mass is 10.2. The molecule has 15 heteroatoms. The summed E-state index contributed by atoms with van der Waals surface area (Å²) in [6.45, 7) is 0.622. The summed E-state index contributed by atoms with van der Waals surface area (Å²) in [5.41, 5.74) is -1.17. The Hall–Kier alpha value is -1.14. The number of aromatic nitrogens is 2. The van der Waals surface area contributed by atoms with Crippen LogP contribution < -0.4 is 21.0 Å². The summed E-state index contributed by atoms with van der Waals surface area (Å²) in [6, 6.07) is 0. The largest absolute Gasteiger partial charge is 0.756 e. The van der Waals surface area contributed by atoms with Gasteiger partial charge in [-0.3, -0.25) is 23.5 Å². The van der Waals surface area contributed by atoms with E-state index in [0.29, 0.717) is 0 Å². The van der Waals surface area contributed by atoms with Gasteiger partial charge in [-0.25, -0.2) is 9.11 Å². The third kappa shape index (κ3) is 5.42. The highest BCUT2D eigenvalue weighted by atomic mass is 31.3. The van der Waals surface area contributed by atoms with Gasteiger partial charge < -0.3 is 29.0 Å². The van der Waals surface area contributed by atoms with Crippen molar-refractivity contribution in [1.82, 2.24) is 9.55 Å². The molecule has 0 aliphatic carbocycles. The molecular weight excluding hydrogens is 386 g/mol. The summed E-state index contributed by atoms with van der Waals surface area (Å²) in [7, 11) is -11.0. The maximum atomic E-state index is 11.8. The van der Waals surface area contributed by atoms with Gasteiger partial charge in [-0.2, -0.15) is 0 Å². The molecule has 0 spiro atoms. The van der Waals surface area contributed by atoms with Gasteiger partial charge >= 0.3 is 5.69 Å².